The van der Waals surface area contributed by atoms with E-state index in [1.165, 1.54) is 5.56 Å². The van der Waals surface area contributed by atoms with Gasteiger partial charge in [0.05, 0.1) is 11.6 Å². The maximum absolute atomic E-state index is 9.47. The topological polar surface area (TPSA) is 23.8 Å². The zero-order chi connectivity index (χ0) is 14.5. The Labute approximate surface area is 120 Å². The molecule has 1 heteroatoms. The molecule has 0 radical (unpaired) electrons. The largest absolute Gasteiger partial charge is 0.192 e. The van der Waals surface area contributed by atoms with E-state index < -0.39 is 0 Å². The van der Waals surface area contributed by atoms with Gasteiger partial charge in [0.25, 0.3) is 0 Å². The summed E-state index contributed by atoms with van der Waals surface area (Å²) in [6.45, 7) is 7.99. The molecule has 0 atom stereocenters. The number of benzene rings is 2. The summed E-state index contributed by atoms with van der Waals surface area (Å²) in [5.74, 6) is 0. The summed E-state index contributed by atoms with van der Waals surface area (Å²) in [6, 6.07) is 18.3. The molecule has 0 unspecified atom stereocenters. The van der Waals surface area contributed by atoms with E-state index in [-0.39, 0.29) is 0 Å². The van der Waals surface area contributed by atoms with Crippen molar-refractivity contribution in [3.05, 3.63) is 77.4 Å². The van der Waals surface area contributed by atoms with E-state index in [9.17, 15) is 5.26 Å². The molecule has 0 saturated carbocycles. The predicted octanol–water partition coefficient (Wildman–Crippen LogP) is 5.09. The van der Waals surface area contributed by atoms with Crippen LogP contribution in [0.15, 0.2) is 55.1 Å². The maximum atomic E-state index is 9.47. The zero-order valence-corrected chi connectivity index (χ0v) is 11.9. The van der Waals surface area contributed by atoms with E-state index in [1.54, 1.807) is 0 Å². The molecular weight excluding hydrogens is 242 g/mol. The molecule has 0 saturated heterocycles. The summed E-state index contributed by atoms with van der Waals surface area (Å²) < 4.78 is 0. The van der Waals surface area contributed by atoms with Crippen LogP contribution in [0.4, 0.5) is 0 Å². The minimum Gasteiger partial charge on any atom is -0.192 e. The van der Waals surface area contributed by atoms with Crippen LogP contribution in [-0.2, 0) is 0 Å². The van der Waals surface area contributed by atoms with Crippen LogP contribution < -0.4 is 0 Å². The Bertz CT molecular complexity index is 715. The molecule has 2 aromatic carbocycles. The summed E-state index contributed by atoms with van der Waals surface area (Å²) >= 11 is 0. The molecule has 98 valence electrons. The van der Waals surface area contributed by atoms with Gasteiger partial charge in [-0.05, 0) is 36.6 Å². The van der Waals surface area contributed by atoms with Crippen molar-refractivity contribution in [2.24, 2.45) is 0 Å². The van der Waals surface area contributed by atoms with Gasteiger partial charge in [0.15, 0.2) is 0 Å². The third-order valence-corrected chi connectivity index (χ3v) is 3.15. The lowest BCUT2D eigenvalue weighted by molar-refractivity contribution is 1.45. The summed E-state index contributed by atoms with van der Waals surface area (Å²) in [4.78, 5) is 0. The second kappa shape index (κ2) is 6.04. The van der Waals surface area contributed by atoms with Crippen molar-refractivity contribution in [1.82, 2.24) is 0 Å². The Hall–Kier alpha value is -2.59. The van der Waals surface area contributed by atoms with Gasteiger partial charge in [-0.2, -0.15) is 5.26 Å². The van der Waals surface area contributed by atoms with Crippen LogP contribution in [0.1, 0.15) is 29.2 Å². The van der Waals surface area contributed by atoms with Gasteiger partial charge >= 0.3 is 0 Å². The molecule has 0 spiro atoms. The highest BCUT2D eigenvalue weighted by atomic mass is 14.3. The van der Waals surface area contributed by atoms with Gasteiger partial charge in [0.2, 0.25) is 0 Å². The van der Waals surface area contributed by atoms with Gasteiger partial charge in [-0.3, -0.25) is 0 Å². The smallest absolute Gasteiger partial charge is 0.0998 e. The molecule has 0 bridgehead atoms. The second-order valence-corrected chi connectivity index (χ2v) is 4.91. The minimum absolute atomic E-state index is 0.661. The van der Waals surface area contributed by atoms with Crippen molar-refractivity contribution in [2.75, 3.05) is 0 Å². The maximum Gasteiger partial charge on any atom is 0.0998 e. The highest BCUT2D eigenvalue weighted by molar-refractivity contribution is 5.93. The quantitative estimate of drug-likeness (QED) is 0.556. The molecular formula is C19H17N. The summed E-state index contributed by atoms with van der Waals surface area (Å²) in [6.07, 6.45) is 1.93. The third-order valence-electron chi connectivity index (χ3n) is 3.15. The molecule has 0 N–H and O–H groups in total. The van der Waals surface area contributed by atoms with Crippen LogP contribution in [0.3, 0.4) is 0 Å². The number of aryl methyl sites for hydroxylation is 1. The first-order valence-corrected chi connectivity index (χ1v) is 6.55. The van der Waals surface area contributed by atoms with Gasteiger partial charge in [0, 0.05) is 0 Å². The Morgan fingerprint density at radius 3 is 2.40 bits per heavy atom. The fourth-order valence-electron chi connectivity index (χ4n) is 2.19. The lowest BCUT2D eigenvalue weighted by Gasteiger charge is -2.08. The lowest BCUT2D eigenvalue weighted by Crippen LogP contribution is -1.90. The van der Waals surface area contributed by atoms with Crippen LogP contribution in [0.2, 0.25) is 0 Å². The molecule has 0 heterocycles. The van der Waals surface area contributed by atoms with E-state index in [2.05, 4.69) is 18.7 Å². The van der Waals surface area contributed by atoms with Crippen molar-refractivity contribution in [1.29, 1.82) is 5.26 Å². The molecule has 1 nitrogen and oxygen atoms in total. The minimum atomic E-state index is 0.661. The number of rotatable bonds is 3. The van der Waals surface area contributed by atoms with E-state index in [4.69, 9.17) is 0 Å². The Morgan fingerprint density at radius 2 is 1.80 bits per heavy atom. The first-order valence-electron chi connectivity index (χ1n) is 6.55. The van der Waals surface area contributed by atoms with Crippen molar-refractivity contribution in [2.45, 2.75) is 13.8 Å². The zero-order valence-electron chi connectivity index (χ0n) is 11.9. The van der Waals surface area contributed by atoms with Crippen LogP contribution in [0.25, 0.3) is 17.2 Å². The average Bonchev–Trinajstić information content (AvgIpc) is 2.45. The van der Waals surface area contributed by atoms with Crippen molar-refractivity contribution in [3.63, 3.8) is 0 Å². The Morgan fingerprint density at radius 1 is 1.10 bits per heavy atom. The van der Waals surface area contributed by atoms with E-state index in [0.29, 0.717) is 5.57 Å². The SMILES string of the molecule is C=C(C)c1ccccc1/C(C#N)=C/c1cccc(C)c1. The van der Waals surface area contributed by atoms with E-state index >= 15 is 0 Å². The normalized spacial score (nSPS) is 10.9. The lowest BCUT2D eigenvalue weighted by atomic mass is 9.95. The van der Waals surface area contributed by atoms with Crippen LogP contribution in [-0.4, -0.2) is 0 Å². The van der Waals surface area contributed by atoms with Crippen LogP contribution >= 0.6 is 0 Å². The van der Waals surface area contributed by atoms with Gasteiger partial charge in [-0.1, -0.05) is 66.2 Å². The molecule has 0 aliphatic heterocycles. The van der Waals surface area contributed by atoms with Crippen molar-refractivity contribution < 1.29 is 0 Å². The fraction of sp³-hybridized carbons (Fsp3) is 0.105. The highest BCUT2D eigenvalue weighted by Gasteiger charge is 2.07. The van der Waals surface area contributed by atoms with E-state index in [0.717, 1.165) is 22.3 Å². The molecule has 0 aliphatic carbocycles. The number of nitrogens with zero attached hydrogens (tertiary/aromatic N) is 1. The average molecular weight is 259 g/mol. The molecule has 2 aromatic rings. The fourth-order valence-corrected chi connectivity index (χ4v) is 2.19. The van der Waals surface area contributed by atoms with Crippen molar-refractivity contribution in [3.8, 4) is 6.07 Å². The molecule has 0 aromatic heterocycles. The summed E-state index contributed by atoms with van der Waals surface area (Å²) in [7, 11) is 0. The highest BCUT2D eigenvalue weighted by Crippen LogP contribution is 2.25. The number of allylic oxidation sites excluding steroid dienone is 2. The number of nitriles is 1. The molecule has 0 aliphatic rings. The predicted molar refractivity (Wildman–Crippen MR) is 85.8 cm³/mol. The van der Waals surface area contributed by atoms with E-state index in [1.807, 2.05) is 62.4 Å². The number of hydrogen-bond acceptors (Lipinski definition) is 1. The Balaban J connectivity index is 2.54. The number of hydrogen-bond donors (Lipinski definition) is 0. The van der Waals surface area contributed by atoms with Gasteiger partial charge in [-0.25, -0.2) is 0 Å². The van der Waals surface area contributed by atoms with Gasteiger partial charge in [0.1, 0.15) is 0 Å². The van der Waals surface area contributed by atoms with Crippen LogP contribution in [0.5, 0.6) is 0 Å². The van der Waals surface area contributed by atoms with Gasteiger partial charge in [-0.15, -0.1) is 0 Å². The standard InChI is InChI=1S/C19H17N/c1-14(2)18-9-4-5-10-19(18)17(13-20)12-16-8-6-7-15(3)11-16/h4-12H,1H2,2-3H3/b17-12+. The first-order chi connectivity index (χ1) is 9.61. The molecule has 20 heavy (non-hydrogen) atoms. The van der Waals surface area contributed by atoms with Crippen LogP contribution in [0, 0.1) is 18.3 Å². The molecule has 0 amide bonds. The first kappa shape index (κ1) is 13.8. The molecule has 2 rings (SSSR count). The summed E-state index contributed by atoms with van der Waals surface area (Å²) in [5.41, 5.74) is 5.81. The van der Waals surface area contributed by atoms with Gasteiger partial charge < -0.3 is 0 Å². The molecule has 0 fully saturated rings. The summed E-state index contributed by atoms with van der Waals surface area (Å²) in [5, 5.41) is 9.47. The van der Waals surface area contributed by atoms with Crippen molar-refractivity contribution >= 4 is 17.2 Å². The second-order valence-electron chi connectivity index (χ2n) is 4.91. The third kappa shape index (κ3) is 3.05. The monoisotopic (exact) mass is 259 g/mol. The Kier molecular flexibility index (Phi) is 4.17.